The Kier molecular flexibility index (Phi) is 8.80. The van der Waals surface area contributed by atoms with Gasteiger partial charge in [-0.3, -0.25) is 14.8 Å². The standard InChI is InChI=1S/C19H31N5O/c1-2-21-19(23-12-5-9-16-7-3-4-8-16)24-14-13-22-18(25)17-10-6-11-20-15-17/h6,10-11,15-16H,2-5,7-9,12-14H2,1H3,(H,22,25)(H2,21,23,24). The molecule has 1 saturated carbocycles. The molecule has 0 bridgehead atoms. The van der Waals surface area contributed by atoms with Crippen LogP contribution in [0.2, 0.25) is 0 Å². The van der Waals surface area contributed by atoms with Crippen LogP contribution >= 0.6 is 0 Å². The first-order chi connectivity index (χ1) is 12.3. The smallest absolute Gasteiger partial charge is 0.252 e. The average Bonchev–Trinajstić information content (AvgIpc) is 3.16. The van der Waals surface area contributed by atoms with Gasteiger partial charge in [0, 0.05) is 38.6 Å². The monoisotopic (exact) mass is 345 g/mol. The van der Waals surface area contributed by atoms with Gasteiger partial charge in [-0.1, -0.05) is 25.7 Å². The molecule has 0 aromatic carbocycles. The van der Waals surface area contributed by atoms with E-state index < -0.39 is 0 Å². The second-order valence-corrected chi connectivity index (χ2v) is 6.48. The van der Waals surface area contributed by atoms with Crippen LogP contribution in [0.15, 0.2) is 29.5 Å². The number of pyridine rings is 1. The number of aliphatic imine (C=N–C) groups is 1. The first-order valence-corrected chi connectivity index (χ1v) is 9.50. The molecule has 1 heterocycles. The van der Waals surface area contributed by atoms with Crippen molar-refractivity contribution < 1.29 is 4.79 Å². The fourth-order valence-electron chi connectivity index (χ4n) is 3.17. The maximum absolute atomic E-state index is 11.9. The molecule has 0 spiro atoms. The number of nitrogens with zero attached hydrogens (tertiary/aromatic N) is 2. The van der Waals surface area contributed by atoms with Gasteiger partial charge in [-0.05, 0) is 37.8 Å². The van der Waals surface area contributed by atoms with E-state index in [4.69, 9.17) is 0 Å². The molecule has 1 aliphatic rings. The van der Waals surface area contributed by atoms with Crippen molar-refractivity contribution in [2.75, 3.05) is 26.2 Å². The summed E-state index contributed by atoms with van der Waals surface area (Å²) in [5.74, 6) is 1.64. The van der Waals surface area contributed by atoms with Gasteiger partial charge in [0.1, 0.15) is 0 Å². The molecule has 1 amide bonds. The van der Waals surface area contributed by atoms with Gasteiger partial charge in [0.05, 0.1) is 5.56 Å². The van der Waals surface area contributed by atoms with E-state index in [1.165, 1.54) is 32.1 Å². The number of carbonyl (C=O) groups is 1. The predicted octanol–water partition coefficient (Wildman–Crippen LogP) is 2.34. The first-order valence-electron chi connectivity index (χ1n) is 9.50. The zero-order valence-corrected chi connectivity index (χ0v) is 15.3. The van der Waals surface area contributed by atoms with Gasteiger partial charge >= 0.3 is 0 Å². The summed E-state index contributed by atoms with van der Waals surface area (Å²) in [4.78, 5) is 20.5. The van der Waals surface area contributed by atoms with Gasteiger partial charge in [0.25, 0.3) is 5.91 Å². The van der Waals surface area contributed by atoms with Crippen molar-refractivity contribution in [3.63, 3.8) is 0 Å². The van der Waals surface area contributed by atoms with E-state index in [0.29, 0.717) is 18.7 Å². The summed E-state index contributed by atoms with van der Waals surface area (Å²) in [6.07, 6.45) is 11.3. The lowest BCUT2D eigenvalue weighted by Crippen LogP contribution is -2.41. The topological polar surface area (TPSA) is 78.4 Å². The van der Waals surface area contributed by atoms with Crippen molar-refractivity contribution in [3.05, 3.63) is 30.1 Å². The normalized spacial score (nSPS) is 15.2. The minimum absolute atomic E-state index is 0.103. The van der Waals surface area contributed by atoms with Crippen LogP contribution in [-0.4, -0.2) is 43.0 Å². The van der Waals surface area contributed by atoms with Crippen molar-refractivity contribution in [1.29, 1.82) is 0 Å². The van der Waals surface area contributed by atoms with Gasteiger partial charge in [-0.25, -0.2) is 0 Å². The molecular weight excluding hydrogens is 314 g/mol. The second kappa shape index (κ2) is 11.4. The molecule has 1 fully saturated rings. The number of nitrogens with one attached hydrogen (secondary N) is 3. The highest BCUT2D eigenvalue weighted by Gasteiger charge is 2.13. The summed E-state index contributed by atoms with van der Waals surface area (Å²) in [7, 11) is 0. The third-order valence-corrected chi connectivity index (χ3v) is 4.49. The van der Waals surface area contributed by atoms with E-state index >= 15 is 0 Å². The zero-order valence-electron chi connectivity index (χ0n) is 15.3. The Bertz CT molecular complexity index is 526. The molecule has 0 radical (unpaired) electrons. The fraction of sp³-hybridized carbons (Fsp3) is 0.632. The molecule has 0 aliphatic heterocycles. The van der Waals surface area contributed by atoms with E-state index in [1.54, 1.807) is 24.5 Å². The molecule has 0 saturated heterocycles. The number of guanidine groups is 1. The molecule has 0 atom stereocenters. The van der Waals surface area contributed by atoms with Crippen LogP contribution in [-0.2, 0) is 0 Å². The molecule has 6 nitrogen and oxygen atoms in total. The lowest BCUT2D eigenvalue weighted by molar-refractivity contribution is 0.0954. The Hall–Kier alpha value is -2.11. The molecule has 2 rings (SSSR count). The van der Waals surface area contributed by atoms with E-state index in [9.17, 15) is 4.79 Å². The Balaban J connectivity index is 1.62. The van der Waals surface area contributed by atoms with Crippen LogP contribution in [0.5, 0.6) is 0 Å². The largest absolute Gasteiger partial charge is 0.357 e. The summed E-state index contributed by atoms with van der Waals surface area (Å²) < 4.78 is 0. The number of rotatable bonds is 9. The molecule has 6 heteroatoms. The van der Waals surface area contributed by atoms with Gasteiger partial charge in [-0.2, -0.15) is 0 Å². The van der Waals surface area contributed by atoms with Crippen molar-refractivity contribution in [2.24, 2.45) is 10.9 Å². The third-order valence-electron chi connectivity index (χ3n) is 4.49. The molecule has 1 aromatic heterocycles. The molecule has 1 aliphatic carbocycles. The van der Waals surface area contributed by atoms with Crippen molar-refractivity contribution in [2.45, 2.75) is 45.4 Å². The number of hydrogen-bond acceptors (Lipinski definition) is 3. The number of amides is 1. The minimum atomic E-state index is -0.103. The van der Waals surface area contributed by atoms with Crippen molar-refractivity contribution in [3.8, 4) is 0 Å². The van der Waals surface area contributed by atoms with Crippen LogP contribution in [0.1, 0.15) is 55.8 Å². The quantitative estimate of drug-likeness (QED) is 0.365. The van der Waals surface area contributed by atoms with Crippen LogP contribution in [0.4, 0.5) is 0 Å². The summed E-state index contributed by atoms with van der Waals surface area (Å²) in [6.45, 7) is 4.92. The predicted molar refractivity (Wildman–Crippen MR) is 102 cm³/mol. The number of aromatic nitrogens is 1. The van der Waals surface area contributed by atoms with E-state index in [0.717, 1.165) is 31.4 Å². The summed E-state index contributed by atoms with van der Waals surface area (Å²) in [5, 5.41) is 9.39. The molecular formula is C19H31N5O. The average molecular weight is 345 g/mol. The van der Waals surface area contributed by atoms with Crippen LogP contribution in [0.3, 0.4) is 0 Å². The maximum Gasteiger partial charge on any atom is 0.252 e. The molecule has 0 unspecified atom stereocenters. The highest BCUT2D eigenvalue weighted by molar-refractivity contribution is 5.93. The summed E-state index contributed by atoms with van der Waals surface area (Å²) >= 11 is 0. The van der Waals surface area contributed by atoms with E-state index in [2.05, 4.69) is 32.9 Å². The maximum atomic E-state index is 11.9. The molecule has 3 N–H and O–H groups in total. The van der Waals surface area contributed by atoms with Gasteiger partial charge < -0.3 is 16.0 Å². The number of carbonyl (C=O) groups excluding carboxylic acids is 1. The molecule has 25 heavy (non-hydrogen) atoms. The lowest BCUT2D eigenvalue weighted by atomic mass is 10.0. The Morgan fingerprint density at radius 3 is 2.76 bits per heavy atom. The highest BCUT2D eigenvalue weighted by Crippen LogP contribution is 2.28. The van der Waals surface area contributed by atoms with Gasteiger partial charge in [0.2, 0.25) is 0 Å². The van der Waals surface area contributed by atoms with Crippen molar-refractivity contribution >= 4 is 11.9 Å². The third kappa shape index (κ3) is 7.54. The van der Waals surface area contributed by atoms with Crippen LogP contribution in [0, 0.1) is 5.92 Å². The zero-order chi connectivity index (χ0) is 17.7. The first kappa shape index (κ1) is 19.2. The lowest BCUT2D eigenvalue weighted by Gasteiger charge is -2.12. The van der Waals surface area contributed by atoms with Gasteiger partial charge in [0.15, 0.2) is 5.96 Å². The highest BCUT2D eigenvalue weighted by atomic mass is 16.1. The van der Waals surface area contributed by atoms with Crippen molar-refractivity contribution in [1.82, 2.24) is 20.9 Å². The summed E-state index contributed by atoms with van der Waals surface area (Å²) in [5.41, 5.74) is 0.579. The van der Waals surface area contributed by atoms with Crippen LogP contribution < -0.4 is 16.0 Å². The molecule has 138 valence electrons. The Labute approximate surface area is 150 Å². The second-order valence-electron chi connectivity index (χ2n) is 6.48. The Morgan fingerprint density at radius 2 is 2.04 bits per heavy atom. The van der Waals surface area contributed by atoms with E-state index in [1.807, 2.05) is 0 Å². The Morgan fingerprint density at radius 1 is 1.24 bits per heavy atom. The SMILES string of the molecule is CCNC(=NCCCC1CCCC1)NCCNC(=O)c1cccnc1. The van der Waals surface area contributed by atoms with E-state index in [-0.39, 0.29) is 5.91 Å². The molecule has 1 aromatic rings. The fourth-order valence-corrected chi connectivity index (χ4v) is 3.17. The summed E-state index contributed by atoms with van der Waals surface area (Å²) in [6, 6.07) is 3.51. The minimum Gasteiger partial charge on any atom is -0.357 e. The van der Waals surface area contributed by atoms with Crippen LogP contribution in [0.25, 0.3) is 0 Å². The number of hydrogen-bond donors (Lipinski definition) is 3. The van der Waals surface area contributed by atoms with Gasteiger partial charge in [-0.15, -0.1) is 0 Å².